The van der Waals surface area contributed by atoms with Crippen molar-refractivity contribution in [1.82, 2.24) is 45.1 Å². The van der Waals surface area contributed by atoms with Gasteiger partial charge in [-0.3, -0.25) is 4.79 Å². The molecule has 3 aliphatic rings. The fraction of sp³-hybridized carbons (Fsp3) is 0.522. The summed E-state index contributed by atoms with van der Waals surface area (Å²) in [6, 6.07) is 0.274. The molecule has 0 spiro atoms. The van der Waals surface area contributed by atoms with Gasteiger partial charge in [-0.25, -0.2) is 24.6 Å². The molecule has 188 valence electrons. The maximum atomic E-state index is 13.4. The van der Waals surface area contributed by atoms with Crippen molar-refractivity contribution in [2.75, 3.05) is 56.6 Å². The number of carbonyl (C=O) groups excluding carboxylic acids is 1. The van der Waals surface area contributed by atoms with Gasteiger partial charge in [-0.2, -0.15) is 0 Å². The van der Waals surface area contributed by atoms with Crippen LogP contribution in [0.1, 0.15) is 40.6 Å². The number of fused-ring (bicyclic) bond motifs is 1. The lowest BCUT2D eigenvalue weighted by Crippen LogP contribution is -2.41. The second-order valence-corrected chi connectivity index (χ2v) is 9.27. The van der Waals surface area contributed by atoms with Crippen LogP contribution in [0.25, 0.3) is 11.4 Å². The first-order valence-electron chi connectivity index (χ1n) is 12.4. The lowest BCUT2D eigenvalue weighted by atomic mass is 10.0. The number of nitrogens with two attached hydrogens (primary N) is 1. The third-order valence-electron chi connectivity index (χ3n) is 6.98. The van der Waals surface area contributed by atoms with E-state index in [1.165, 1.54) is 0 Å². The zero-order valence-corrected chi connectivity index (χ0v) is 20.0. The molecule has 3 aromatic rings. The molecule has 1 amide bonds. The number of piperidine rings is 1. The molecule has 0 atom stereocenters. The van der Waals surface area contributed by atoms with Crippen molar-refractivity contribution in [3.63, 3.8) is 0 Å². The Kier molecular flexibility index (Phi) is 6.15. The zero-order chi connectivity index (χ0) is 24.5. The second-order valence-electron chi connectivity index (χ2n) is 9.27. The number of rotatable bonds is 4. The quantitative estimate of drug-likeness (QED) is 0.509. The van der Waals surface area contributed by atoms with Crippen molar-refractivity contribution >= 4 is 17.7 Å². The molecule has 3 aromatic heterocycles. The van der Waals surface area contributed by atoms with E-state index in [4.69, 9.17) is 20.4 Å². The molecule has 13 heteroatoms. The number of anilines is 2. The van der Waals surface area contributed by atoms with E-state index in [0.717, 1.165) is 56.1 Å². The Morgan fingerprint density at radius 3 is 2.64 bits per heavy atom. The molecule has 6 rings (SSSR count). The maximum Gasteiger partial charge on any atom is 0.276 e. The fourth-order valence-corrected chi connectivity index (χ4v) is 4.99. The smallest absolute Gasteiger partial charge is 0.276 e. The Bertz CT molecular complexity index is 1230. The van der Waals surface area contributed by atoms with E-state index in [1.54, 1.807) is 23.5 Å². The molecule has 36 heavy (non-hydrogen) atoms. The third kappa shape index (κ3) is 4.46. The Morgan fingerprint density at radius 2 is 1.86 bits per heavy atom. The highest BCUT2D eigenvalue weighted by molar-refractivity contribution is 5.92. The van der Waals surface area contributed by atoms with Gasteiger partial charge in [0.25, 0.3) is 5.91 Å². The first-order valence-corrected chi connectivity index (χ1v) is 12.4. The Hall–Kier alpha value is -3.71. The first-order chi connectivity index (χ1) is 17.7. The van der Waals surface area contributed by atoms with Crippen LogP contribution < -0.4 is 16.0 Å². The van der Waals surface area contributed by atoms with E-state index >= 15 is 0 Å². The molecule has 0 saturated carbocycles. The Morgan fingerprint density at radius 1 is 1.08 bits per heavy atom. The number of nitrogen functional groups attached to an aromatic ring is 1. The van der Waals surface area contributed by atoms with Gasteiger partial charge in [0.2, 0.25) is 5.95 Å². The number of hydrogen-bond donors (Lipinski definition) is 2. The van der Waals surface area contributed by atoms with E-state index in [2.05, 4.69) is 30.5 Å². The fourth-order valence-electron chi connectivity index (χ4n) is 4.99. The highest BCUT2D eigenvalue weighted by Crippen LogP contribution is 2.30. The summed E-state index contributed by atoms with van der Waals surface area (Å²) in [5.41, 5.74) is 8.61. The van der Waals surface area contributed by atoms with E-state index in [-0.39, 0.29) is 17.9 Å². The van der Waals surface area contributed by atoms with Crippen molar-refractivity contribution < 1.29 is 9.53 Å². The van der Waals surface area contributed by atoms with Crippen molar-refractivity contribution in [3.8, 4) is 11.4 Å². The summed E-state index contributed by atoms with van der Waals surface area (Å²) in [6.45, 7) is 5.64. The summed E-state index contributed by atoms with van der Waals surface area (Å²) < 4.78 is 7.38. The lowest BCUT2D eigenvalue weighted by molar-refractivity contribution is 0.0725. The SMILES string of the molecule is Nc1ncc(-c2nc3c(c(N4CCOCC4)n2)CCN(C(=O)c2cn(C4CCNCC4)nn2)C3)cn1. The average molecular weight is 492 g/mol. The summed E-state index contributed by atoms with van der Waals surface area (Å²) in [5, 5.41) is 11.8. The molecule has 2 saturated heterocycles. The van der Waals surface area contributed by atoms with E-state index in [9.17, 15) is 4.79 Å². The number of amides is 1. The van der Waals surface area contributed by atoms with Crippen molar-refractivity contribution in [2.24, 2.45) is 0 Å². The molecule has 2 fully saturated rings. The highest BCUT2D eigenvalue weighted by atomic mass is 16.5. The zero-order valence-electron chi connectivity index (χ0n) is 20.0. The maximum absolute atomic E-state index is 13.4. The van der Waals surface area contributed by atoms with Gasteiger partial charge in [-0.1, -0.05) is 5.21 Å². The highest BCUT2D eigenvalue weighted by Gasteiger charge is 2.30. The molecule has 0 radical (unpaired) electrons. The summed E-state index contributed by atoms with van der Waals surface area (Å²) in [5.74, 6) is 1.46. The van der Waals surface area contributed by atoms with Crippen LogP contribution in [0.4, 0.5) is 11.8 Å². The minimum atomic E-state index is -0.135. The van der Waals surface area contributed by atoms with E-state index < -0.39 is 0 Å². The van der Waals surface area contributed by atoms with Crippen molar-refractivity contribution in [3.05, 3.63) is 35.5 Å². The molecular formula is C23H29N11O2. The van der Waals surface area contributed by atoms with Gasteiger partial charge in [0.05, 0.1) is 43.3 Å². The van der Waals surface area contributed by atoms with Crippen LogP contribution in [-0.2, 0) is 17.7 Å². The molecule has 0 aliphatic carbocycles. The van der Waals surface area contributed by atoms with Crippen LogP contribution in [0.5, 0.6) is 0 Å². The number of hydrogen-bond acceptors (Lipinski definition) is 11. The number of morpholine rings is 1. The summed E-state index contributed by atoms with van der Waals surface area (Å²) in [4.78, 5) is 35.3. The van der Waals surface area contributed by atoms with E-state index in [1.807, 2.05) is 4.68 Å². The number of nitrogens with zero attached hydrogens (tertiary/aromatic N) is 9. The van der Waals surface area contributed by atoms with Crippen LogP contribution in [-0.4, -0.2) is 91.7 Å². The average Bonchev–Trinajstić information content (AvgIpc) is 3.43. The molecule has 3 aliphatic heterocycles. The molecule has 13 nitrogen and oxygen atoms in total. The number of nitrogens with one attached hydrogen (secondary N) is 1. The van der Waals surface area contributed by atoms with Crippen LogP contribution in [0.15, 0.2) is 18.6 Å². The summed E-state index contributed by atoms with van der Waals surface area (Å²) in [7, 11) is 0. The van der Waals surface area contributed by atoms with Crippen LogP contribution in [0.3, 0.4) is 0 Å². The van der Waals surface area contributed by atoms with Crippen LogP contribution >= 0.6 is 0 Å². The minimum absolute atomic E-state index is 0.135. The minimum Gasteiger partial charge on any atom is -0.378 e. The number of aromatic nitrogens is 7. The van der Waals surface area contributed by atoms with Gasteiger partial charge in [0.15, 0.2) is 11.5 Å². The third-order valence-corrected chi connectivity index (χ3v) is 6.98. The van der Waals surface area contributed by atoms with Crippen LogP contribution in [0.2, 0.25) is 0 Å². The standard InChI is InChI=1S/C23H29N11O2/c24-23-26-11-15(12-27-23)20-28-18-13-33(6-3-17(18)21(29-20)32-7-9-36-10-8-32)22(35)19-14-34(31-30-19)16-1-4-25-5-2-16/h11-12,14,16,25H,1-10,13H2,(H2,24,26,27). The Labute approximate surface area is 208 Å². The van der Waals surface area contributed by atoms with E-state index in [0.29, 0.717) is 49.8 Å². The molecule has 6 heterocycles. The molecule has 3 N–H and O–H groups in total. The Balaban J connectivity index is 1.29. The largest absolute Gasteiger partial charge is 0.378 e. The first kappa shape index (κ1) is 22.7. The van der Waals surface area contributed by atoms with Gasteiger partial charge in [-0.15, -0.1) is 5.10 Å². The molecule has 0 aromatic carbocycles. The summed E-state index contributed by atoms with van der Waals surface area (Å²) in [6.07, 6.45) is 7.65. The lowest BCUT2D eigenvalue weighted by Gasteiger charge is -2.34. The van der Waals surface area contributed by atoms with Gasteiger partial charge in [0.1, 0.15) is 5.82 Å². The second kappa shape index (κ2) is 9.74. The van der Waals surface area contributed by atoms with Gasteiger partial charge in [-0.05, 0) is 32.4 Å². The number of carbonyl (C=O) groups is 1. The summed E-state index contributed by atoms with van der Waals surface area (Å²) >= 11 is 0. The molecule has 0 bridgehead atoms. The number of ether oxygens (including phenoxy) is 1. The van der Waals surface area contributed by atoms with Crippen molar-refractivity contribution in [2.45, 2.75) is 31.8 Å². The normalized spacial score (nSPS) is 18.8. The predicted molar refractivity (Wildman–Crippen MR) is 130 cm³/mol. The van der Waals surface area contributed by atoms with Gasteiger partial charge >= 0.3 is 0 Å². The van der Waals surface area contributed by atoms with Crippen LogP contribution in [0, 0.1) is 0 Å². The predicted octanol–water partition coefficient (Wildman–Crippen LogP) is 0.0669. The topological polar surface area (TPSA) is 153 Å². The van der Waals surface area contributed by atoms with Gasteiger partial charge in [0, 0.05) is 37.6 Å². The molecule has 0 unspecified atom stereocenters. The monoisotopic (exact) mass is 491 g/mol. The molecular weight excluding hydrogens is 462 g/mol. The van der Waals surface area contributed by atoms with Crippen molar-refractivity contribution in [1.29, 1.82) is 0 Å². The van der Waals surface area contributed by atoms with Gasteiger partial charge < -0.3 is 25.6 Å².